The summed E-state index contributed by atoms with van der Waals surface area (Å²) in [6, 6.07) is 2.67. The van der Waals surface area contributed by atoms with E-state index < -0.39 is 143 Å². The number of aliphatic hydroxyl groups is 2. The summed E-state index contributed by atoms with van der Waals surface area (Å²) in [5.41, 5.74) is 37.2. The van der Waals surface area contributed by atoms with Crippen LogP contribution in [-0.2, 0) is 68.7 Å². The molecule has 0 aliphatic carbocycles. The monoisotopic (exact) mass is 1380 g/mol. The van der Waals surface area contributed by atoms with E-state index in [9.17, 15) is 53.2 Å². The summed E-state index contributed by atoms with van der Waals surface area (Å²) in [5, 5.41) is 28.1. The number of benzene rings is 1. The van der Waals surface area contributed by atoms with E-state index in [1.165, 1.54) is 17.8 Å². The van der Waals surface area contributed by atoms with Crippen LogP contribution in [0.25, 0.3) is 11.0 Å². The van der Waals surface area contributed by atoms with Crippen molar-refractivity contribution in [3.8, 4) is 0 Å². The van der Waals surface area contributed by atoms with E-state index in [0.29, 0.717) is 56.4 Å². The number of nitrogens with two attached hydrogens (primary N) is 6. The zero-order chi connectivity index (χ0) is 66.7. The van der Waals surface area contributed by atoms with Crippen LogP contribution in [0, 0.1) is 59.2 Å². The number of primary amides is 6. The van der Waals surface area contributed by atoms with Crippen molar-refractivity contribution in [2.45, 2.75) is 189 Å². The summed E-state index contributed by atoms with van der Waals surface area (Å²) in [5.74, 6) is -7.24. The number of aryl methyl sites for hydroxylation is 2. The summed E-state index contributed by atoms with van der Waals surface area (Å²) < 4.78 is 31.9. The third kappa shape index (κ3) is 14.9. The first-order chi connectivity index (χ1) is 41.8. The number of aliphatic hydroxyl groups excluding tert-OH is 2. The van der Waals surface area contributed by atoms with E-state index in [-0.39, 0.29) is 113 Å². The number of hydrogen-bond acceptors (Lipinski definition) is 20. The maximum absolute atomic E-state index is 14.4. The van der Waals surface area contributed by atoms with Crippen LogP contribution in [0.4, 0.5) is 0 Å². The van der Waals surface area contributed by atoms with Crippen molar-refractivity contribution in [1.82, 2.24) is 20.2 Å². The van der Waals surface area contributed by atoms with Crippen LogP contribution in [0.3, 0.4) is 0 Å². The predicted molar refractivity (Wildman–Crippen MR) is 343 cm³/mol. The average molecular weight is 1390 g/mol. The van der Waals surface area contributed by atoms with Crippen LogP contribution in [0.2, 0.25) is 0 Å². The molecule has 28 nitrogen and oxygen atoms in total. The molecule has 31 heteroatoms. The van der Waals surface area contributed by atoms with Gasteiger partial charge in [0.05, 0.1) is 41.7 Å². The number of imidazole rings is 1. The van der Waals surface area contributed by atoms with Gasteiger partial charge in [0.15, 0.2) is 6.23 Å². The molecule has 6 aliphatic rings. The molecule has 516 valence electrons. The number of amides is 7. The van der Waals surface area contributed by atoms with E-state index in [2.05, 4.69) is 15.6 Å². The molecule has 0 spiro atoms. The minimum absolute atomic E-state index is 0. The number of allylic oxidation sites excluding steroid dienone is 6. The number of nitrogens with one attached hydrogen (secondary N) is 2. The first-order valence-corrected chi connectivity index (χ1v) is 32.0. The Morgan fingerprint density at radius 3 is 1.98 bits per heavy atom. The van der Waals surface area contributed by atoms with Crippen LogP contribution < -0.4 is 49.9 Å². The van der Waals surface area contributed by atoms with Gasteiger partial charge in [-0.15, -0.1) is 12.4 Å². The second-order valence-corrected chi connectivity index (χ2v) is 28.4. The fourth-order valence-corrected chi connectivity index (χ4v) is 16.6. The summed E-state index contributed by atoms with van der Waals surface area (Å²) in [6.45, 7) is 19.1. The van der Waals surface area contributed by atoms with Crippen molar-refractivity contribution in [3.05, 3.63) is 63.9 Å². The van der Waals surface area contributed by atoms with Gasteiger partial charge in [-0.05, 0) is 108 Å². The van der Waals surface area contributed by atoms with E-state index in [1.807, 2.05) is 87.4 Å². The topological polar surface area (TPSA) is 493 Å². The number of carbonyl (C=O) groups excluding carboxylic acids is 7. The Kier molecular flexibility index (Phi) is 24.2. The Morgan fingerprint density at radius 1 is 0.828 bits per heavy atom. The molecule has 2 aromatic rings. The Bertz CT molecular complexity index is 3560. The molecule has 15 unspecified atom stereocenters. The number of hydrogen-bond donors (Lipinski definition) is 10. The van der Waals surface area contributed by atoms with Crippen molar-refractivity contribution in [1.29, 1.82) is 0 Å². The van der Waals surface area contributed by atoms with Gasteiger partial charge in [0.1, 0.15) is 18.3 Å². The van der Waals surface area contributed by atoms with Crippen molar-refractivity contribution in [3.63, 3.8) is 0 Å². The number of fused-ring (bicyclic) bond motifs is 7. The van der Waals surface area contributed by atoms with Gasteiger partial charge >= 0.3 is 16.8 Å². The molecule has 2 saturated heterocycles. The SMILES string of the molecule is C/C1=C2N=C(/C=C3\N/C(=C(/C)C4=NC(C)(C5N=C1C(C)(CCC(=O)NCC(C)OP(=O)([O-])OC1C(CO)OC(n6cnc7cc(C)c(C)cc76)C1O)C5CC(N)=O)C(C)(CC(N)=O)C4CCC(N)=O)C(C)(CC(N)=O)C3CCC(N)=O)C(C)(C)C/2CCC(N)=O.Cl.[Co+3].[HH].[OH-]. The molecule has 1 aromatic heterocycles. The van der Waals surface area contributed by atoms with Crippen molar-refractivity contribution >= 4 is 89.7 Å². The molecule has 7 amide bonds. The summed E-state index contributed by atoms with van der Waals surface area (Å²) in [6.07, 6.45) is -4.57. The second-order valence-electron chi connectivity index (χ2n) is 27.1. The Balaban J connectivity index is 0.00000470. The number of phosphoric ester groups is 1. The number of nitrogens with zero attached hydrogens (tertiary/aromatic N) is 5. The van der Waals surface area contributed by atoms with Gasteiger partial charge in [0.2, 0.25) is 41.4 Å². The fourth-order valence-electron chi connectivity index (χ4n) is 15.4. The van der Waals surface area contributed by atoms with E-state index >= 15 is 0 Å². The predicted octanol–water partition coefficient (Wildman–Crippen LogP) is 3.02. The standard InChI is InChI=1S/C62H90N13O14P.ClH.Co.H2O.H2/c1-29-20-39-40(21-30(29)2)75(28-70-39)57-52(84)53(41(27-76)87-57)89-90(85,86)88-31(3)26-69-49(83)18-19-59(8)37(22-46(66)80)56-62(11)61(10,25-48(68)82)36(14-17-45(65)79)51(74-62)33(5)55-60(9,24-47(67)81)34(12-15-43(63)77)38(71-55)23-42-58(6,7)35(13-16-44(64)78)50(72-42)32(4)54(59)73-56;;;;/h20-21,23,28,31,34-37,41,52-53,56-57,71,76,84H,12-19,22,24-27H2,1-11H3,(H2,63,77)(H2,64,78)(H2,65,79)(H2,66,80)(H2,67,81)(H2,68,82)(H,69,83)(H,85,86);1H;;1H2;1H/q;;+3;;/p-2/b38-23-,50-32-,55-33-;;;;. The number of carbonyl (C=O) groups is 7. The zero-order valence-corrected chi connectivity index (χ0v) is 57.2. The van der Waals surface area contributed by atoms with Gasteiger partial charge in [-0.25, -0.2) is 4.98 Å². The molecule has 2 fully saturated rings. The number of phosphoric acid groups is 1. The maximum atomic E-state index is 14.4. The minimum atomic E-state index is -5.32. The van der Waals surface area contributed by atoms with Gasteiger partial charge < -0.3 is 84.0 Å². The van der Waals surface area contributed by atoms with Crippen LogP contribution >= 0.6 is 20.2 Å². The quantitative estimate of drug-likeness (QED) is 0.0605. The summed E-state index contributed by atoms with van der Waals surface area (Å²) in [7, 11) is -5.32. The number of ether oxygens (including phenoxy) is 1. The molecule has 7 heterocycles. The van der Waals surface area contributed by atoms with Crippen LogP contribution in [0.5, 0.6) is 0 Å². The van der Waals surface area contributed by atoms with Crippen LogP contribution in [0.1, 0.15) is 152 Å². The second kappa shape index (κ2) is 29.0. The Morgan fingerprint density at radius 2 is 1.41 bits per heavy atom. The van der Waals surface area contributed by atoms with Gasteiger partial charge in [-0.1, -0.05) is 34.6 Å². The number of aromatic nitrogens is 2. The largest absolute Gasteiger partial charge is 3.00 e. The number of rotatable bonds is 26. The molecular formula is C62H93ClCoN13O15P+. The zero-order valence-electron chi connectivity index (χ0n) is 54.4. The molecule has 0 radical (unpaired) electrons. The third-order valence-electron chi connectivity index (χ3n) is 20.6. The van der Waals surface area contributed by atoms with E-state index in [1.54, 1.807) is 0 Å². The molecule has 8 bridgehead atoms. The van der Waals surface area contributed by atoms with Gasteiger partial charge in [0, 0.05) is 132 Å². The van der Waals surface area contributed by atoms with Crippen LogP contribution in [0.15, 0.2) is 67.8 Å². The normalized spacial score (nSPS) is 33.1. The molecule has 15 atom stereocenters. The van der Waals surface area contributed by atoms with Gasteiger partial charge in [-0.2, -0.15) is 0 Å². The molecular weight excluding hydrogens is 1290 g/mol. The van der Waals surface area contributed by atoms with Gasteiger partial charge in [0.25, 0.3) is 7.82 Å². The summed E-state index contributed by atoms with van der Waals surface area (Å²) in [4.78, 5) is 128. The Hall–Kier alpha value is -6.24. The average Bonchev–Trinajstić information content (AvgIpc) is 1.53. The molecule has 0 saturated carbocycles. The minimum Gasteiger partial charge on any atom is -0.870 e. The molecule has 1 aromatic carbocycles. The first-order valence-electron chi connectivity index (χ1n) is 30.5. The maximum Gasteiger partial charge on any atom is 3.00 e. The molecule has 93 heavy (non-hydrogen) atoms. The summed E-state index contributed by atoms with van der Waals surface area (Å²) >= 11 is 0. The number of aliphatic imine (C=N–C) groups is 3. The van der Waals surface area contributed by atoms with Crippen molar-refractivity contribution < 1.29 is 90.7 Å². The number of halogens is 1. The first kappa shape index (κ1) is 77.5. The molecule has 6 aliphatic heterocycles. The Labute approximate surface area is 558 Å². The van der Waals surface area contributed by atoms with Crippen molar-refractivity contribution in [2.75, 3.05) is 13.2 Å². The smallest absolute Gasteiger partial charge is 0.870 e. The third-order valence-corrected chi connectivity index (χ3v) is 21.7. The fraction of sp³-hybridized carbons (Fsp3) is 0.629. The van der Waals surface area contributed by atoms with E-state index in [0.717, 1.165) is 11.1 Å². The van der Waals surface area contributed by atoms with Gasteiger partial charge in [-0.3, -0.25) is 53.1 Å². The molecule has 17 N–H and O–H groups in total. The van der Waals surface area contributed by atoms with E-state index in [4.69, 9.17) is 63.2 Å². The molecule has 8 rings (SSSR count). The van der Waals surface area contributed by atoms with Crippen molar-refractivity contribution in [2.24, 2.45) is 94.7 Å². The van der Waals surface area contributed by atoms with Crippen LogP contribution in [-0.4, -0.2) is 133 Å².